The molecule has 0 saturated carbocycles. The normalized spacial score (nSPS) is 12.2. The van der Waals surface area contributed by atoms with Crippen molar-refractivity contribution in [1.82, 2.24) is 0 Å². The zero-order chi connectivity index (χ0) is 13.1. The van der Waals surface area contributed by atoms with Gasteiger partial charge < -0.3 is 0 Å². The molecule has 1 heteroatoms. The molecule has 0 aliphatic carbocycles. The van der Waals surface area contributed by atoms with E-state index in [-0.39, 0.29) is 18.2 Å². The third kappa shape index (κ3) is 4.53. The first kappa shape index (κ1) is 14.3. The van der Waals surface area contributed by atoms with E-state index in [0.717, 1.165) is 5.56 Å². The SMILES string of the molecule is CC(C)(C)P(C#Cc1ccccc1)C(C)(C)C. The Morgan fingerprint density at radius 3 is 1.71 bits per heavy atom. The summed E-state index contributed by atoms with van der Waals surface area (Å²) in [7, 11) is -0.328. The van der Waals surface area contributed by atoms with E-state index in [1.807, 2.05) is 18.2 Å². The summed E-state index contributed by atoms with van der Waals surface area (Å²) in [5.74, 6) is 3.34. The molecule has 0 fully saturated rings. The van der Waals surface area contributed by atoms with E-state index in [1.165, 1.54) is 0 Å². The Morgan fingerprint density at radius 2 is 1.29 bits per heavy atom. The average Bonchev–Trinajstić information content (AvgIpc) is 2.15. The standard InChI is InChI=1S/C16H23P/c1-15(2,3)17(16(4,5)6)13-12-14-10-8-7-9-11-14/h7-11H,1-6H3. The van der Waals surface area contributed by atoms with E-state index in [2.05, 4.69) is 65.3 Å². The van der Waals surface area contributed by atoms with Crippen LogP contribution in [-0.2, 0) is 0 Å². The zero-order valence-corrected chi connectivity index (χ0v) is 12.7. The van der Waals surface area contributed by atoms with Crippen LogP contribution in [0.3, 0.4) is 0 Å². The van der Waals surface area contributed by atoms with Crippen LogP contribution in [0.25, 0.3) is 0 Å². The molecule has 0 nitrogen and oxygen atoms in total. The van der Waals surface area contributed by atoms with E-state index in [4.69, 9.17) is 0 Å². The van der Waals surface area contributed by atoms with Crippen LogP contribution in [0.1, 0.15) is 47.1 Å². The van der Waals surface area contributed by atoms with Crippen LogP contribution in [-0.4, -0.2) is 10.3 Å². The number of hydrogen-bond acceptors (Lipinski definition) is 0. The molecule has 0 N–H and O–H groups in total. The van der Waals surface area contributed by atoms with Crippen LogP contribution in [0.15, 0.2) is 30.3 Å². The van der Waals surface area contributed by atoms with Crippen molar-refractivity contribution in [1.29, 1.82) is 0 Å². The van der Waals surface area contributed by atoms with Gasteiger partial charge in [-0.3, -0.25) is 0 Å². The highest BCUT2D eigenvalue weighted by atomic mass is 31.1. The molecular weight excluding hydrogens is 223 g/mol. The molecule has 0 aromatic heterocycles. The average molecular weight is 246 g/mol. The summed E-state index contributed by atoms with van der Waals surface area (Å²) in [4.78, 5) is 0. The van der Waals surface area contributed by atoms with Gasteiger partial charge in [0, 0.05) is 5.56 Å². The highest BCUT2D eigenvalue weighted by molar-refractivity contribution is 7.65. The van der Waals surface area contributed by atoms with Crippen molar-refractivity contribution in [3.63, 3.8) is 0 Å². The van der Waals surface area contributed by atoms with Gasteiger partial charge in [-0.1, -0.05) is 71.3 Å². The van der Waals surface area contributed by atoms with E-state index < -0.39 is 0 Å². The van der Waals surface area contributed by atoms with Crippen LogP contribution in [0.4, 0.5) is 0 Å². The van der Waals surface area contributed by atoms with Crippen molar-refractivity contribution in [3.05, 3.63) is 35.9 Å². The topological polar surface area (TPSA) is 0 Å². The van der Waals surface area contributed by atoms with Gasteiger partial charge in [0.1, 0.15) is 0 Å². The number of hydrogen-bond donors (Lipinski definition) is 0. The van der Waals surface area contributed by atoms with Crippen molar-refractivity contribution in [2.45, 2.75) is 51.9 Å². The fourth-order valence-electron chi connectivity index (χ4n) is 1.98. The highest BCUT2D eigenvalue weighted by Gasteiger charge is 2.33. The molecule has 0 aliphatic rings. The maximum atomic E-state index is 3.53. The van der Waals surface area contributed by atoms with Gasteiger partial charge in [-0.05, 0) is 30.4 Å². The lowest BCUT2D eigenvalue weighted by atomic mass is 10.2. The Kier molecular flexibility index (Phi) is 4.40. The number of rotatable bonds is 0. The molecule has 0 unspecified atom stereocenters. The summed E-state index contributed by atoms with van der Waals surface area (Å²) >= 11 is 0. The van der Waals surface area contributed by atoms with Gasteiger partial charge in [0.25, 0.3) is 0 Å². The first-order valence-corrected chi connectivity index (χ1v) is 7.42. The van der Waals surface area contributed by atoms with E-state index in [9.17, 15) is 0 Å². The molecule has 0 amide bonds. The maximum absolute atomic E-state index is 3.53. The van der Waals surface area contributed by atoms with Gasteiger partial charge in [0.15, 0.2) is 0 Å². The third-order valence-electron chi connectivity index (χ3n) is 2.43. The summed E-state index contributed by atoms with van der Waals surface area (Å²) in [5, 5.41) is 0.546. The van der Waals surface area contributed by atoms with Crippen molar-refractivity contribution >= 4 is 7.92 Å². The monoisotopic (exact) mass is 246 g/mol. The van der Waals surface area contributed by atoms with Gasteiger partial charge in [0.05, 0.1) is 0 Å². The van der Waals surface area contributed by atoms with Crippen molar-refractivity contribution in [2.75, 3.05) is 0 Å². The molecule has 0 heterocycles. The molecule has 0 atom stereocenters. The van der Waals surface area contributed by atoms with Gasteiger partial charge in [-0.15, -0.1) is 0 Å². The second kappa shape index (κ2) is 5.24. The molecule has 0 bridgehead atoms. The minimum atomic E-state index is -0.328. The van der Waals surface area contributed by atoms with Crippen LogP contribution in [0.5, 0.6) is 0 Å². The fourth-order valence-corrected chi connectivity index (χ4v) is 4.91. The molecule has 0 aliphatic heterocycles. The Labute approximate surface area is 108 Å². The molecule has 1 aromatic carbocycles. The second-order valence-electron chi connectivity index (χ2n) is 6.28. The van der Waals surface area contributed by atoms with Gasteiger partial charge in [-0.2, -0.15) is 0 Å². The van der Waals surface area contributed by atoms with Crippen molar-refractivity contribution < 1.29 is 0 Å². The molecule has 17 heavy (non-hydrogen) atoms. The van der Waals surface area contributed by atoms with Gasteiger partial charge in [-0.25, -0.2) is 0 Å². The maximum Gasteiger partial charge on any atom is 0.0248 e. The molecule has 0 saturated heterocycles. The Hall–Kier alpha value is -0.790. The summed E-state index contributed by atoms with van der Waals surface area (Å²) in [6.45, 7) is 13.8. The molecule has 92 valence electrons. The van der Waals surface area contributed by atoms with E-state index >= 15 is 0 Å². The van der Waals surface area contributed by atoms with Crippen molar-refractivity contribution in [3.8, 4) is 11.6 Å². The van der Waals surface area contributed by atoms with Gasteiger partial charge in [0.2, 0.25) is 0 Å². The predicted molar refractivity (Wildman–Crippen MR) is 79.7 cm³/mol. The van der Waals surface area contributed by atoms with Gasteiger partial charge >= 0.3 is 0 Å². The molecule has 0 spiro atoms. The lowest BCUT2D eigenvalue weighted by Gasteiger charge is -2.37. The summed E-state index contributed by atoms with van der Waals surface area (Å²) < 4.78 is 0. The second-order valence-corrected chi connectivity index (χ2v) is 9.86. The van der Waals surface area contributed by atoms with Crippen LogP contribution in [0, 0.1) is 11.6 Å². The van der Waals surface area contributed by atoms with Crippen LogP contribution in [0.2, 0.25) is 0 Å². The first-order chi connectivity index (χ1) is 7.71. The summed E-state index contributed by atoms with van der Waals surface area (Å²) in [6.07, 6.45) is 0. The Bertz CT molecular complexity index is 393. The lowest BCUT2D eigenvalue weighted by Crippen LogP contribution is -2.23. The van der Waals surface area contributed by atoms with E-state index in [0.29, 0.717) is 0 Å². The zero-order valence-electron chi connectivity index (χ0n) is 11.8. The fraction of sp³-hybridized carbons (Fsp3) is 0.500. The Morgan fingerprint density at radius 1 is 0.824 bits per heavy atom. The molecule has 0 radical (unpaired) electrons. The minimum Gasteiger partial charge on any atom is -0.0702 e. The Balaban J connectivity index is 3.01. The largest absolute Gasteiger partial charge is 0.0702 e. The summed E-state index contributed by atoms with van der Waals surface area (Å²) in [6, 6.07) is 10.3. The number of benzene rings is 1. The first-order valence-electron chi connectivity index (χ1n) is 6.08. The van der Waals surface area contributed by atoms with Crippen molar-refractivity contribution in [2.24, 2.45) is 0 Å². The quantitative estimate of drug-likeness (QED) is 0.442. The lowest BCUT2D eigenvalue weighted by molar-refractivity contribution is 0.716. The third-order valence-corrected chi connectivity index (χ3v) is 5.45. The highest BCUT2D eigenvalue weighted by Crippen LogP contribution is 2.58. The smallest absolute Gasteiger partial charge is 0.0248 e. The van der Waals surface area contributed by atoms with E-state index in [1.54, 1.807) is 0 Å². The molecule has 1 rings (SSSR count). The summed E-state index contributed by atoms with van der Waals surface area (Å²) in [5.41, 5.74) is 4.65. The molecule has 1 aromatic rings. The predicted octanol–water partition coefficient (Wildman–Crippen LogP) is 5.07. The van der Waals surface area contributed by atoms with Crippen LogP contribution >= 0.6 is 7.92 Å². The minimum absolute atomic E-state index is 0.273. The van der Waals surface area contributed by atoms with Crippen LogP contribution < -0.4 is 0 Å². The molecular formula is C16H23P.